The number of amides is 1. The smallest absolute Gasteiger partial charge is 0.305 e. The van der Waals surface area contributed by atoms with E-state index in [1.54, 1.807) is 19.1 Å². The van der Waals surface area contributed by atoms with Crippen LogP contribution < -0.4 is 5.73 Å². The fourth-order valence-electron chi connectivity index (χ4n) is 6.09. The molecule has 0 heterocycles. The van der Waals surface area contributed by atoms with E-state index >= 15 is 0 Å². The molecule has 0 spiro atoms. The van der Waals surface area contributed by atoms with E-state index in [4.69, 9.17) is 10.5 Å². The normalized spacial score (nSPS) is 28.9. The Bertz CT molecular complexity index is 1250. The van der Waals surface area contributed by atoms with Crippen LogP contribution in [0.2, 0.25) is 0 Å². The molecule has 0 bridgehead atoms. The maximum absolute atomic E-state index is 14.0. The van der Waals surface area contributed by atoms with Gasteiger partial charge < -0.3 is 30.9 Å². The maximum Gasteiger partial charge on any atom is 0.305 e. The summed E-state index contributed by atoms with van der Waals surface area (Å²) in [4.78, 5) is 51.3. The molecular formula is C27H31NO9. The zero-order chi connectivity index (χ0) is 27.2. The van der Waals surface area contributed by atoms with Crippen LogP contribution in [0.25, 0.3) is 5.76 Å². The molecule has 1 aromatic carbocycles. The molecule has 1 aromatic rings. The molecule has 6 N–H and O–H groups in total. The Morgan fingerprint density at radius 3 is 2.46 bits per heavy atom. The van der Waals surface area contributed by atoms with Gasteiger partial charge in [0.1, 0.15) is 28.9 Å². The number of aliphatic hydroxyl groups excluding tert-OH is 2. The number of carbonyl (C=O) groups is 4. The van der Waals surface area contributed by atoms with Gasteiger partial charge >= 0.3 is 5.97 Å². The molecular weight excluding hydrogens is 482 g/mol. The first-order chi connectivity index (χ1) is 17.5. The van der Waals surface area contributed by atoms with Crippen molar-refractivity contribution in [2.45, 2.75) is 70.0 Å². The van der Waals surface area contributed by atoms with Crippen LogP contribution in [0, 0.1) is 11.8 Å². The second-order valence-corrected chi connectivity index (χ2v) is 9.86. The predicted octanol–water partition coefficient (Wildman–Crippen LogP) is 2.48. The number of nitrogens with two attached hydrogens (primary N) is 1. The minimum absolute atomic E-state index is 0.0108. The number of fused-ring (bicyclic) bond motifs is 3. The molecule has 3 aliphatic carbocycles. The van der Waals surface area contributed by atoms with Gasteiger partial charge in [-0.05, 0) is 24.0 Å². The summed E-state index contributed by atoms with van der Waals surface area (Å²) in [5.41, 5.74) is 1.71. The second kappa shape index (κ2) is 9.66. The molecule has 1 amide bonds. The molecule has 1 fully saturated rings. The molecule has 37 heavy (non-hydrogen) atoms. The molecule has 10 heteroatoms. The Kier molecular flexibility index (Phi) is 6.89. The lowest BCUT2D eigenvalue weighted by molar-refractivity contribution is -0.178. The minimum Gasteiger partial charge on any atom is -0.508 e. The third-order valence-corrected chi connectivity index (χ3v) is 7.81. The summed E-state index contributed by atoms with van der Waals surface area (Å²) in [5.74, 6) is -9.10. The third-order valence-electron chi connectivity index (χ3n) is 7.81. The quantitative estimate of drug-likeness (QED) is 0.207. The third kappa shape index (κ3) is 3.90. The highest BCUT2D eigenvalue weighted by atomic mass is 16.5. The van der Waals surface area contributed by atoms with E-state index in [1.807, 2.05) is 6.92 Å². The largest absolute Gasteiger partial charge is 0.508 e. The van der Waals surface area contributed by atoms with Gasteiger partial charge in [0, 0.05) is 30.3 Å². The number of carbonyl (C=O) groups excluding carboxylic acids is 4. The van der Waals surface area contributed by atoms with Crippen molar-refractivity contribution in [3.63, 3.8) is 0 Å². The topological polar surface area (TPSA) is 184 Å². The van der Waals surface area contributed by atoms with Gasteiger partial charge in [0.2, 0.25) is 5.78 Å². The molecule has 4 rings (SSSR count). The molecule has 3 aliphatic rings. The number of hydrogen-bond donors (Lipinski definition) is 5. The summed E-state index contributed by atoms with van der Waals surface area (Å²) in [5, 5.41) is 44.5. The Balaban J connectivity index is 2.02. The van der Waals surface area contributed by atoms with Crippen molar-refractivity contribution in [1.29, 1.82) is 0 Å². The van der Waals surface area contributed by atoms with E-state index in [0.717, 1.165) is 12.8 Å². The minimum atomic E-state index is -2.85. The van der Waals surface area contributed by atoms with Gasteiger partial charge in [0.15, 0.2) is 11.4 Å². The molecule has 0 aromatic heterocycles. The van der Waals surface area contributed by atoms with Crippen LogP contribution >= 0.6 is 0 Å². The van der Waals surface area contributed by atoms with Gasteiger partial charge in [-0.3, -0.25) is 19.2 Å². The summed E-state index contributed by atoms with van der Waals surface area (Å²) in [6, 6.07) is 4.66. The summed E-state index contributed by atoms with van der Waals surface area (Å²) < 4.78 is 5.75. The Morgan fingerprint density at radius 1 is 1.14 bits per heavy atom. The van der Waals surface area contributed by atoms with Gasteiger partial charge in [-0.25, -0.2) is 0 Å². The first-order valence-electron chi connectivity index (χ1n) is 12.5. The van der Waals surface area contributed by atoms with E-state index in [-0.39, 0.29) is 23.3 Å². The summed E-state index contributed by atoms with van der Waals surface area (Å²) >= 11 is 0. The molecule has 0 aliphatic heterocycles. The number of primary amides is 1. The van der Waals surface area contributed by atoms with Gasteiger partial charge in [-0.1, -0.05) is 45.2 Å². The van der Waals surface area contributed by atoms with Gasteiger partial charge in [0.25, 0.3) is 5.91 Å². The number of aromatic hydroxyl groups is 1. The fourth-order valence-corrected chi connectivity index (χ4v) is 6.09. The number of phenolic OH excluding ortho intramolecular Hbond substituents is 1. The highest BCUT2D eigenvalue weighted by Gasteiger charge is 2.66. The number of ketones is 2. The molecule has 0 saturated heterocycles. The van der Waals surface area contributed by atoms with Crippen molar-refractivity contribution in [2.75, 3.05) is 0 Å². The van der Waals surface area contributed by atoms with Gasteiger partial charge in [-0.2, -0.15) is 0 Å². The van der Waals surface area contributed by atoms with Gasteiger partial charge in [-0.15, -0.1) is 0 Å². The Hall–Kier alpha value is -3.66. The lowest BCUT2D eigenvalue weighted by Crippen LogP contribution is -2.64. The van der Waals surface area contributed by atoms with Crippen LogP contribution in [0.3, 0.4) is 0 Å². The number of phenols is 1. The van der Waals surface area contributed by atoms with Crippen molar-refractivity contribution in [1.82, 2.24) is 0 Å². The first kappa shape index (κ1) is 26.4. The molecule has 1 saturated carbocycles. The van der Waals surface area contributed by atoms with Crippen molar-refractivity contribution in [2.24, 2.45) is 17.6 Å². The van der Waals surface area contributed by atoms with Crippen molar-refractivity contribution < 1.29 is 44.3 Å². The molecule has 5 atom stereocenters. The molecule has 5 unspecified atom stereocenters. The molecule has 0 radical (unpaired) electrons. The van der Waals surface area contributed by atoms with E-state index in [9.17, 15) is 39.6 Å². The number of benzene rings is 1. The number of Topliss-reactive ketones (excluding diaryl/α,β-unsaturated/α-hetero) is 2. The van der Waals surface area contributed by atoms with Crippen LogP contribution in [-0.2, 0) is 23.9 Å². The zero-order valence-corrected chi connectivity index (χ0v) is 20.7. The lowest BCUT2D eigenvalue weighted by atomic mass is 9.55. The number of ether oxygens (including phenoxy) is 1. The lowest BCUT2D eigenvalue weighted by Gasteiger charge is -2.52. The van der Waals surface area contributed by atoms with Crippen LogP contribution in [-0.4, -0.2) is 55.6 Å². The van der Waals surface area contributed by atoms with Crippen molar-refractivity contribution in [3.8, 4) is 5.75 Å². The monoisotopic (exact) mass is 513 g/mol. The van der Waals surface area contributed by atoms with Crippen LogP contribution in [0.15, 0.2) is 35.1 Å². The highest BCUT2D eigenvalue weighted by Crippen LogP contribution is 2.57. The molecule has 198 valence electrons. The van der Waals surface area contributed by atoms with Crippen molar-refractivity contribution in [3.05, 3.63) is 46.2 Å². The first-order valence-corrected chi connectivity index (χ1v) is 12.5. The second-order valence-electron chi connectivity index (χ2n) is 9.86. The van der Waals surface area contributed by atoms with Crippen LogP contribution in [0.1, 0.15) is 69.4 Å². The average Bonchev–Trinajstić information content (AvgIpc) is 2.84. The van der Waals surface area contributed by atoms with Crippen LogP contribution in [0.5, 0.6) is 5.75 Å². The van der Waals surface area contributed by atoms with Gasteiger partial charge in [0.05, 0.1) is 5.56 Å². The summed E-state index contributed by atoms with van der Waals surface area (Å²) in [6.45, 7) is 3.57. The Morgan fingerprint density at radius 2 is 1.84 bits per heavy atom. The number of rotatable bonds is 7. The summed E-state index contributed by atoms with van der Waals surface area (Å²) in [7, 11) is 0. The Labute approximate surface area is 213 Å². The zero-order valence-electron chi connectivity index (χ0n) is 20.7. The number of unbranched alkanes of at least 4 members (excludes halogenated alkanes) is 2. The predicted molar refractivity (Wildman–Crippen MR) is 130 cm³/mol. The highest BCUT2D eigenvalue weighted by molar-refractivity contribution is 6.23. The average molecular weight is 514 g/mol. The number of aliphatic hydroxyl groups is 3. The van der Waals surface area contributed by atoms with E-state index < -0.39 is 76.4 Å². The van der Waals surface area contributed by atoms with E-state index in [2.05, 4.69) is 0 Å². The summed E-state index contributed by atoms with van der Waals surface area (Å²) in [6.07, 6.45) is 1.01. The fraction of sp³-hybridized carbons (Fsp3) is 0.481. The van der Waals surface area contributed by atoms with Crippen LogP contribution in [0.4, 0.5) is 0 Å². The number of esters is 1. The van der Waals surface area contributed by atoms with E-state index in [0.29, 0.717) is 18.4 Å². The van der Waals surface area contributed by atoms with E-state index in [1.165, 1.54) is 6.07 Å². The SMILES string of the molecule is CCCCCC1c2cccc(O)c2C(O)=C2C(=O)C3(O)C(O)=C(C(N)=O)C(=O)CC3C(OC(=O)CC)C21. The maximum atomic E-state index is 14.0. The molecule has 10 nitrogen and oxygen atoms in total. The standard InChI is InChI=1S/C27H31NO9/c1-3-5-6-8-13-12-9-7-10-15(29)18(12)22(32)21-19(13)23(37-17(31)4-2)14-11-16(30)20(26(28)35)24(33)27(14,36)25(21)34/h7,9-10,13-14,19,23,29,32-33,36H,3-6,8,11H2,1-2H3,(H2,28,35). The van der Waals surface area contributed by atoms with Crippen molar-refractivity contribution >= 4 is 29.2 Å². The number of hydrogen-bond acceptors (Lipinski definition) is 9.